The molecule has 1 unspecified atom stereocenters. The number of hydrogen-bond acceptors (Lipinski definition) is 2. The Kier molecular flexibility index (Phi) is 6.85. The second-order valence-corrected chi connectivity index (χ2v) is 8.40. The van der Waals surface area contributed by atoms with Crippen LogP contribution in [0.4, 0.5) is 8.78 Å². The fourth-order valence-corrected chi connectivity index (χ4v) is 4.30. The van der Waals surface area contributed by atoms with Gasteiger partial charge >= 0.3 is 0 Å². The van der Waals surface area contributed by atoms with Crippen LogP contribution in [0.15, 0.2) is 0 Å². The highest BCUT2D eigenvalue weighted by Crippen LogP contribution is 2.35. The standard InChI is InChI=1S/C19H36F2N2/c1-5-16(4)17-6-9-22(10-7-17)13-18-8-11-23(12-15(2)3)14-19(18,20)21/h15-18H,5-14H2,1-4H3/t16?,18-/m0/s1. The summed E-state index contributed by atoms with van der Waals surface area (Å²) in [4.78, 5) is 4.26. The third-order valence-corrected chi connectivity index (χ3v) is 6.01. The Balaban J connectivity index is 1.80. The van der Waals surface area contributed by atoms with E-state index in [1.165, 1.54) is 19.3 Å². The summed E-state index contributed by atoms with van der Waals surface area (Å²) in [5.41, 5.74) is 0. The van der Waals surface area contributed by atoms with Crippen molar-refractivity contribution in [2.45, 2.75) is 59.3 Å². The molecule has 2 saturated heterocycles. The molecule has 0 spiro atoms. The van der Waals surface area contributed by atoms with Crippen molar-refractivity contribution < 1.29 is 8.78 Å². The number of piperidine rings is 2. The van der Waals surface area contributed by atoms with Crippen LogP contribution >= 0.6 is 0 Å². The average molecular weight is 331 g/mol. The minimum Gasteiger partial charge on any atom is -0.303 e. The van der Waals surface area contributed by atoms with Gasteiger partial charge in [-0.15, -0.1) is 0 Å². The molecule has 2 aliphatic heterocycles. The molecule has 23 heavy (non-hydrogen) atoms. The van der Waals surface area contributed by atoms with Crippen LogP contribution in [0.25, 0.3) is 0 Å². The van der Waals surface area contributed by atoms with Crippen LogP contribution in [-0.2, 0) is 0 Å². The van der Waals surface area contributed by atoms with Crippen LogP contribution in [0.3, 0.4) is 0 Å². The van der Waals surface area contributed by atoms with Gasteiger partial charge in [0.25, 0.3) is 5.92 Å². The molecule has 0 aromatic rings. The van der Waals surface area contributed by atoms with E-state index in [0.29, 0.717) is 18.9 Å². The summed E-state index contributed by atoms with van der Waals surface area (Å²) in [6.45, 7) is 13.0. The van der Waals surface area contributed by atoms with E-state index < -0.39 is 11.8 Å². The highest BCUT2D eigenvalue weighted by Gasteiger charge is 2.45. The Morgan fingerprint density at radius 2 is 1.61 bits per heavy atom. The molecule has 2 atom stereocenters. The fraction of sp³-hybridized carbons (Fsp3) is 1.00. The van der Waals surface area contributed by atoms with Gasteiger partial charge in [-0.25, -0.2) is 8.78 Å². The molecule has 2 aliphatic rings. The molecule has 0 saturated carbocycles. The monoisotopic (exact) mass is 330 g/mol. The highest BCUT2D eigenvalue weighted by atomic mass is 19.3. The molecule has 0 amide bonds. The Hall–Kier alpha value is -0.220. The number of alkyl halides is 2. The predicted octanol–water partition coefficient (Wildman–Crippen LogP) is 4.36. The van der Waals surface area contributed by atoms with Crippen molar-refractivity contribution in [3.8, 4) is 0 Å². The maximum Gasteiger partial charge on any atom is 0.264 e. The zero-order valence-corrected chi connectivity index (χ0v) is 15.5. The van der Waals surface area contributed by atoms with E-state index in [1.54, 1.807) is 0 Å². The summed E-state index contributed by atoms with van der Waals surface area (Å²) in [5.74, 6) is -0.948. The van der Waals surface area contributed by atoms with Crippen molar-refractivity contribution >= 4 is 0 Å². The quantitative estimate of drug-likeness (QED) is 0.714. The number of nitrogens with zero attached hydrogens (tertiary/aromatic N) is 2. The van der Waals surface area contributed by atoms with Crippen molar-refractivity contribution in [3.63, 3.8) is 0 Å². The Labute approximate surface area is 141 Å². The van der Waals surface area contributed by atoms with Crippen molar-refractivity contribution in [3.05, 3.63) is 0 Å². The van der Waals surface area contributed by atoms with Crippen LogP contribution in [0, 0.1) is 23.7 Å². The SMILES string of the molecule is CCC(C)C1CCN(C[C@@H]2CCN(CC(C)C)CC2(F)F)CC1. The van der Waals surface area contributed by atoms with Gasteiger partial charge in [-0.2, -0.15) is 0 Å². The van der Waals surface area contributed by atoms with Crippen molar-refractivity contribution in [1.82, 2.24) is 9.80 Å². The molecule has 0 radical (unpaired) electrons. The average Bonchev–Trinajstić information content (AvgIpc) is 2.49. The minimum atomic E-state index is -2.53. The second kappa shape index (κ2) is 8.24. The van der Waals surface area contributed by atoms with Crippen LogP contribution in [0.5, 0.6) is 0 Å². The summed E-state index contributed by atoms with van der Waals surface area (Å²) in [6.07, 6.45) is 4.25. The first-order chi connectivity index (χ1) is 10.8. The molecule has 0 aromatic carbocycles. The maximum atomic E-state index is 14.5. The number of hydrogen-bond donors (Lipinski definition) is 0. The summed E-state index contributed by atoms with van der Waals surface area (Å²) >= 11 is 0. The van der Waals surface area contributed by atoms with Gasteiger partial charge in [-0.3, -0.25) is 4.90 Å². The third kappa shape index (κ3) is 5.38. The largest absolute Gasteiger partial charge is 0.303 e. The van der Waals surface area contributed by atoms with E-state index in [-0.39, 0.29) is 6.54 Å². The Morgan fingerprint density at radius 1 is 1.00 bits per heavy atom. The second-order valence-electron chi connectivity index (χ2n) is 8.40. The van der Waals surface area contributed by atoms with E-state index in [4.69, 9.17) is 0 Å². The smallest absolute Gasteiger partial charge is 0.264 e. The van der Waals surface area contributed by atoms with Gasteiger partial charge in [0.1, 0.15) is 0 Å². The van der Waals surface area contributed by atoms with E-state index in [9.17, 15) is 8.78 Å². The molecule has 0 aliphatic carbocycles. The first-order valence-electron chi connectivity index (χ1n) is 9.64. The molecule has 0 bridgehead atoms. The van der Waals surface area contributed by atoms with Crippen molar-refractivity contribution in [1.29, 1.82) is 0 Å². The summed E-state index contributed by atoms with van der Waals surface area (Å²) < 4.78 is 29.0. The van der Waals surface area contributed by atoms with Gasteiger partial charge in [0.15, 0.2) is 0 Å². The van der Waals surface area contributed by atoms with Crippen molar-refractivity contribution in [2.24, 2.45) is 23.7 Å². The molecular formula is C19H36F2N2. The lowest BCUT2D eigenvalue weighted by Gasteiger charge is -2.42. The van der Waals surface area contributed by atoms with Gasteiger partial charge in [-0.1, -0.05) is 34.1 Å². The zero-order valence-electron chi connectivity index (χ0n) is 15.5. The number of rotatable bonds is 6. The lowest BCUT2D eigenvalue weighted by atomic mass is 9.83. The predicted molar refractivity (Wildman–Crippen MR) is 93.0 cm³/mol. The van der Waals surface area contributed by atoms with Crippen LogP contribution in [-0.4, -0.2) is 55.0 Å². The molecule has 0 N–H and O–H groups in total. The number of likely N-dealkylation sites (tertiary alicyclic amines) is 2. The van der Waals surface area contributed by atoms with E-state index >= 15 is 0 Å². The van der Waals surface area contributed by atoms with E-state index in [2.05, 4.69) is 32.6 Å². The lowest BCUT2D eigenvalue weighted by molar-refractivity contribution is -0.121. The van der Waals surface area contributed by atoms with Gasteiger partial charge < -0.3 is 4.90 Å². The molecule has 2 rings (SSSR count). The first kappa shape index (κ1) is 19.1. The lowest BCUT2D eigenvalue weighted by Crippen LogP contribution is -2.53. The van der Waals surface area contributed by atoms with Gasteiger partial charge in [0.2, 0.25) is 0 Å². The van der Waals surface area contributed by atoms with Crippen LogP contribution in [0.2, 0.25) is 0 Å². The molecular weight excluding hydrogens is 294 g/mol. The first-order valence-corrected chi connectivity index (χ1v) is 9.64. The minimum absolute atomic E-state index is 0.0425. The summed E-state index contributed by atoms with van der Waals surface area (Å²) in [5, 5.41) is 0. The topological polar surface area (TPSA) is 6.48 Å². The molecule has 2 heterocycles. The fourth-order valence-electron chi connectivity index (χ4n) is 4.30. The van der Waals surface area contributed by atoms with Gasteiger partial charge in [0, 0.05) is 19.0 Å². The molecule has 2 fully saturated rings. The normalized spacial score (nSPS) is 29.1. The highest BCUT2D eigenvalue weighted by molar-refractivity contribution is 4.89. The van der Waals surface area contributed by atoms with E-state index in [1.807, 2.05) is 4.90 Å². The van der Waals surface area contributed by atoms with Gasteiger partial charge in [0.05, 0.1) is 6.54 Å². The Bertz CT molecular complexity index is 351. The Morgan fingerprint density at radius 3 is 2.13 bits per heavy atom. The van der Waals surface area contributed by atoms with Crippen LogP contribution in [0.1, 0.15) is 53.4 Å². The van der Waals surface area contributed by atoms with E-state index in [0.717, 1.165) is 38.0 Å². The summed E-state index contributed by atoms with van der Waals surface area (Å²) in [6, 6.07) is 0. The third-order valence-electron chi connectivity index (χ3n) is 6.01. The van der Waals surface area contributed by atoms with Crippen LogP contribution < -0.4 is 0 Å². The molecule has 2 nitrogen and oxygen atoms in total. The molecule has 0 aromatic heterocycles. The van der Waals surface area contributed by atoms with Gasteiger partial charge in [-0.05, 0) is 56.7 Å². The zero-order chi connectivity index (χ0) is 17.0. The number of halogens is 2. The van der Waals surface area contributed by atoms with Crippen molar-refractivity contribution in [2.75, 3.05) is 39.3 Å². The maximum absolute atomic E-state index is 14.5. The summed E-state index contributed by atoms with van der Waals surface area (Å²) in [7, 11) is 0. The molecule has 4 heteroatoms. The molecule has 136 valence electrons.